The van der Waals surface area contributed by atoms with E-state index in [1.165, 1.54) is 5.56 Å². The van der Waals surface area contributed by atoms with E-state index in [9.17, 15) is 0 Å². The molecule has 0 bridgehead atoms. The molecule has 0 aliphatic carbocycles. The molecule has 0 spiro atoms. The molecule has 0 unspecified atom stereocenters. The normalized spacial score (nSPS) is 16.5. The zero-order valence-electron chi connectivity index (χ0n) is 8.42. The van der Waals surface area contributed by atoms with Crippen LogP contribution in [0.15, 0.2) is 16.7 Å². The van der Waals surface area contributed by atoms with Crippen LogP contribution in [-0.2, 0) is 0 Å². The Hall–Kier alpha value is -0.610. The molecule has 0 aromatic carbocycles. The number of nitrogens with one attached hydrogen (secondary N) is 1. The number of nitrogens with zero attached hydrogens (tertiary/aromatic N) is 2. The first kappa shape index (κ1) is 9.93. The highest BCUT2D eigenvalue weighted by molar-refractivity contribution is 9.10. The van der Waals surface area contributed by atoms with E-state index in [0.29, 0.717) is 6.04 Å². The van der Waals surface area contributed by atoms with E-state index in [2.05, 4.69) is 51.2 Å². The first-order chi connectivity index (χ1) is 6.68. The van der Waals surface area contributed by atoms with Crippen molar-refractivity contribution in [1.82, 2.24) is 10.3 Å². The number of halogens is 1. The number of hydrogen-bond acceptors (Lipinski definition) is 3. The molecule has 2 rings (SSSR count). The standard InChI is InChI=1S/C10H14BrN3/c1-7-3-10(13-6-9(7)11)14(2)8-4-12-5-8/h3,6,8,12H,4-5H2,1-2H3. The van der Waals surface area contributed by atoms with Gasteiger partial charge in [-0.1, -0.05) is 0 Å². The number of aryl methyl sites for hydroxylation is 1. The van der Waals surface area contributed by atoms with Crippen molar-refractivity contribution in [3.05, 3.63) is 22.3 Å². The fraction of sp³-hybridized carbons (Fsp3) is 0.500. The van der Waals surface area contributed by atoms with Gasteiger partial charge in [0.15, 0.2) is 0 Å². The second-order valence-electron chi connectivity index (χ2n) is 3.71. The summed E-state index contributed by atoms with van der Waals surface area (Å²) in [7, 11) is 2.10. The van der Waals surface area contributed by atoms with Gasteiger partial charge in [-0.2, -0.15) is 0 Å². The number of rotatable bonds is 2. The molecule has 14 heavy (non-hydrogen) atoms. The van der Waals surface area contributed by atoms with Crippen LogP contribution >= 0.6 is 15.9 Å². The lowest BCUT2D eigenvalue weighted by atomic mass is 10.1. The summed E-state index contributed by atoms with van der Waals surface area (Å²) in [6, 6.07) is 2.71. The summed E-state index contributed by atoms with van der Waals surface area (Å²) >= 11 is 3.45. The molecule has 2 heterocycles. The van der Waals surface area contributed by atoms with Crippen LogP contribution < -0.4 is 10.2 Å². The van der Waals surface area contributed by atoms with E-state index in [1.54, 1.807) is 0 Å². The Labute approximate surface area is 92.6 Å². The van der Waals surface area contributed by atoms with Gasteiger partial charge in [0.1, 0.15) is 5.82 Å². The molecule has 0 atom stereocenters. The molecule has 1 N–H and O–H groups in total. The number of anilines is 1. The lowest BCUT2D eigenvalue weighted by Gasteiger charge is -2.36. The molecule has 1 aromatic rings. The molecular formula is C10H14BrN3. The molecule has 4 heteroatoms. The smallest absolute Gasteiger partial charge is 0.128 e. The Bertz CT molecular complexity index is 336. The summed E-state index contributed by atoms with van der Waals surface area (Å²) in [6.45, 7) is 4.21. The lowest BCUT2D eigenvalue weighted by molar-refractivity contribution is 0.426. The van der Waals surface area contributed by atoms with Gasteiger partial charge in [-0.15, -0.1) is 0 Å². The fourth-order valence-electron chi connectivity index (χ4n) is 1.45. The summed E-state index contributed by atoms with van der Waals surface area (Å²) in [5.74, 6) is 1.05. The van der Waals surface area contributed by atoms with Crippen LogP contribution in [0.2, 0.25) is 0 Å². The van der Waals surface area contributed by atoms with Gasteiger partial charge in [0.2, 0.25) is 0 Å². The zero-order valence-corrected chi connectivity index (χ0v) is 10.0. The number of aromatic nitrogens is 1. The van der Waals surface area contributed by atoms with Gasteiger partial charge in [-0.3, -0.25) is 0 Å². The molecule has 0 radical (unpaired) electrons. The van der Waals surface area contributed by atoms with Crippen LogP contribution in [0.1, 0.15) is 5.56 Å². The molecule has 0 saturated carbocycles. The molecular weight excluding hydrogens is 242 g/mol. The van der Waals surface area contributed by atoms with Crippen molar-refractivity contribution < 1.29 is 0 Å². The molecule has 1 saturated heterocycles. The second kappa shape index (κ2) is 3.87. The van der Waals surface area contributed by atoms with Crippen LogP contribution in [0.25, 0.3) is 0 Å². The summed E-state index contributed by atoms with van der Waals surface area (Å²) in [4.78, 5) is 6.63. The minimum atomic E-state index is 0.600. The van der Waals surface area contributed by atoms with Gasteiger partial charge in [0.05, 0.1) is 6.04 Å². The molecule has 1 aliphatic heterocycles. The van der Waals surface area contributed by atoms with Crippen LogP contribution in [0.5, 0.6) is 0 Å². The van der Waals surface area contributed by atoms with Gasteiger partial charge in [-0.25, -0.2) is 4.98 Å². The number of likely N-dealkylation sites (N-methyl/N-ethyl adjacent to an activating group) is 1. The van der Waals surface area contributed by atoms with Gasteiger partial charge in [0.25, 0.3) is 0 Å². The molecule has 0 amide bonds. The first-order valence-corrected chi connectivity index (χ1v) is 5.53. The largest absolute Gasteiger partial charge is 0.354 e. The van der Waals surface area contributed by atoms with Crippen LogP contribution in [0.3, 0.4) is 0 Å². The van der Waals surface area contributed by atoms with Gasteiger partial charge in [0, 0.05) is 30.8 Å². The quantitative estimate of drug-likeness (QED) is 0.870. The molecule has 76 valence electrons. The third-order valence-corrected chi connectivity index (χ3v) is 3.53. The average molecular weight is 256 g/mol. The highest BCUT2D eigenvalue weighted by Gasteiger charge is 2.22. The van der Waals surface area contributed by atoms with Crippen molar-refractivity contribution in [2.45, 2.75) is 13.0 Å². The summed E-state index contributed by atoms with van der Waals surface area (Å²) in [6.07, 6.45) is 1.87. The maximum atomic E-state index is 4.39. The zero-order chi connectivity index (χ0) is 10.1. The Morgan fingerprint density at radius 2 is 2.29 bits per heavy atom. The van der Waals surface area contributed by atoms with E-state index >= 15 is 0 Å². The molecule has 3 nitrogen and oxygen atoms in total. The van der Waals surface area contributed by atoms with Gasteiger partial charge >= 0.3 is 0 Å². The lowest BCUT2D eigenvalue weighted by Crippen LogP contribution is -2.56. The molecule has 1 aliphatic rings. The monoisotopic (exact) mass is 255 g/mol. The average Bonchev–Trinajstić information content (AvgIpc) is 2.06. The highest BCUT2D eigenvalue weighted by atomic mass is 79.9. The minimum Gasteiger partial charge on any atom is -0.354 e. The van der Waals surface area contributed by atoms with E-state index in [1.807, 2.05) is 6.20 Å². The summed E-state index contributed by atoms with van der Waals surface area (Å²) in [5, 5.41) is 3.26. The summed E-state index contributed by atoms with van der Waals surface area (Å²) < 4.78 is 1.07. The third-order valence-electron chi connectivity index (χ3n) is 2.70. The van der Waals surface area contributed by atoms with Crippen molar-refractivity contribution >= 4 is 21.7 Å². The van der Waals surface area contributed by atoms with E-state index in [4.69, 9.17) is 0 Å². The van der Waals surface area contributed by atoms with E-state index in [0.717, 1.165) is 23.4 Å². The van der Waals surface area contributed by atoms with Crippen LogP contribution in [0, 0.1) is 6.92 Å². The maximum absolute atomic E-state index is 4.39. The number of hydrogen-bond donors (Lipinski definition) is 1. The Morgan fingerprint density at radius 3 is 2.79 bits per heavy atom. The predicted octanol–water partition coefficient (Wildman–Crippen LogP) is 1.56. The topological polar surface area (TPSA) is 28.2 Å². The van der Waals surface area contributed by atoms with Crippen LogP contribution in [-0.4, -0.2) is 31.2 Å². The Balaban J connectivity index is 2.18. The van der Waals surface area contributed by atoms with Crippen molar-refractivity contribution in [2.75, 3.05) is 25.0 Å². The van der Waals surface area contributed by atoms with Crippen LogP contribution in [0.4, 0.5) is 5.82 Å². The van der Waals surface area contributed by atoms with Crippen molar-refractivity contribution in [1.29, 1.82) is 0 Å². The fourth-order valence-corrected chi connectivity index (χ4v) is 1.67. The highest BCUT2D eigenvalue weighted by Crippen LogP contribution is 2.21. The second-order valence-corrected chi connectivity index (χ2v) is 4.57. The molecule has 1 aromatic heterocycles. The minimum absolute atomic E-state index is 0.600. The molecule has 1 fully saturated rings. The van der Waals surface area contributed by atoms with E-state index in [-0.39, 0.29) is 0 Å². The van der Waals surface area contributed by atoms with E-state index < -0.39 is 0 Å². The first-order valence-electron chi connectivity index (χ1n) is 4.74. The Kier molecular flexibility index (Phi) is 2.74. The van der Waals surface area contributed by atoms with Crippen molar-refractivity contribution in [2.24, 2.45) is 0 Å². The van der Waals surface area contributed by atoms with Gasteiger partial charge in [-0.05, 0) is 34.5 Å². The third kappa shape index (κ3) is 1.77. The number of pyridine rings is 1. The predicted molar refractivity (Wildman–Crippen MR) is 61.7 cm³/mol. The summed E-state index contributed by atoms with van der Waals surface area (Å²) in [5.41, 5.74) is 1.23. The van der Waals surface area contributed by atoms with Crippen molar-refractivity contribution in [3.63, 3.8) is 0 Å². The van der Waals surface area contributed by atoms with Crippen molar-refractivity contribution in [3.8, 4) is 0 Å². The Morgan fingerprint density at radius 1 is 1.57 bits per heavy atom. The maximum Gasteiger partial charge on any atom is 0.128 e. The SMILES string of the molecule is Cc1cc(N(C)C2CNC2)ncc1Br. The van der Waals surface area contributed by atoms with Gasteiger partial charge < -0.3 is 10.2 Å².